The van der Waals surface area contributed by atoms with Gasteiger partial charge in [0.25, 0.3) is 12.2 Å². The fraction of sp³-hybridized carbons (Fsp3) is 0.312. The fourth-order valence-corrected chi connectivity index (χ4v) is 3.54. The molecular weight excluding hydrogens is 396 g/mol. The van der Waals surface area contributed by atoms with Crippen LogP contribution in [0.3, 0.4) is 0 Å². The first-order valence-electron chi connectivity index (χ1n) is 7.94. The number of nitrogens with zero attached hydrogens (tertiary/aromatic N) is 3. The molecule has 28 heavy (non-hydrogen) atoms. The van der Waals surface area contributed by atoms with Gasteiger partial charge < -0.3 is 19.9 Å². The van der Waals surface area contributed by atoms with Crippen molar-refractivity contribution in [3.63, 3.8) is 0 Å². The molecule has 0 spiro atoms. The lowest BCUT2D eigenvalue weighted by Gasteiger charge is -2.24. The number of aromatic amines is 1. The molecule has 3 aromatic rings. The summed E-state index contributed by atoms with van der Waals surface area (Å²) in [5.74, 6) is -4.17. The molecule has 150 valence electrons. The molecule has 0 aromatic carbocycles. The summed E-state index contributed by atoms with van der Waals surface area (Å²) in [6, 6.07) is 3.52. The highest BCUT2D eigenvalue weighted by atomic mass is 32.2. The number of hydrogen-bond donors (Lipinski definition) is 4. The van der Waals surface area contributed by atoms with E-state index < -0.39 is 34.6 Å². The van der Waals surface area contributed by atoms with Crippen molar-refractivity contribution in [2.75, 3.05) is 11.8 Å². The molecule has 0 aliphatic carbocycles. The molecule has 4 N–H and O–H groups in total. The van der Waals surface area contributed by atoms with Crippen molar-refractivity contribution in [1.29, 1.82) is 0 Å². The van der Waals surface area contributed by atoms with Crippen molar-refractivity contribution >= 4 is 28.0 Å². The number of aromatic nitrogens is 4. The second kappa shape index (κ2) is 7.37. The third kappa shape index (κ3) is 3.53. The number of alkyl halides is 2. The topological polar surface area (TPSA) is 133 Å². The molecule has 9 nitrogen and oxygen atoms in total. The number of halogens is 2. The van der Waals surface area contributed by atoms with Gasteiger partial charge in [0.1, 0.15) is 11.2 Å². The third-order valence-corrected chi connectivity index (χ3v) is 5.05. The van der Waals surface area contributed by atoms with Gasteiger partial charge in [0.05, 0.1) is 17.7 Å². The van der Waals surface area contributed by atoms with Crippen LogP contribution < -0.4 is 9.46 Å². The van der Waals surface area contributed by atoms with Crippen molar-refractivity contribution in [3.05, 3.63) is 35.3 Å². The van der Waals surface area contributed by atoms with E-state index in [-0.39, 0.29) is 11.6 Å². The van der Waals surface area contributed by atoms with Crippen LogP contribution in [-0.4, -0.2) is 47.9 Å². The Bertz CT molecular complexity index is 1060. The lowest BCUT2D eigenvalue weighted by Crippen LogP contribution is -2.35. The molecule has 1 atom stereocenters. The number of aliphatic hydroxyl groups is 2. The zero-order valence-corrected chi connectivity index (χ0v) is 15.8. The number of H-pyrrole nitrogens is 1. The number of nitrogens with one attached hydrogen (secondary N) is 2. The number of aryl methyl sites for hydroxylation is 2. The minimum Gasteiger partial charge on any atom is -0.481 e. The summed E-state index contributed by atoms with van der Waals surface area (Å²) < 4.78 is 46.1. The smallest absolute Gasteiger partial charge is 0.296 e. The number of fused-ring (bicyclic) bond motifs is 1. The zero-order valence-electron chi connectivity index (χ0n) is 15.0. The predicted molar refractivity (Wildman–Crippen MR) is 96.3 cm³/mol. The lowest BCUT2D eigenvalue weighted by molar-refractivity contribution is -0.249. The molecule has 0 radical (unpaired) electrons. The number of methoxy groups -OCH3 is 1. The van der Waals surface area contributed by atoms with E-state index in [4.69, 9.17) is 4.74 Å². The average Bonchev–Trinajstić information content (AvgIpc) is 3.03. The summed E-state index contributed by atoms with van der Waals surface area (Å²) in [6.07, 6.45) is -2.00. The molecule has 3 heterocycles. The minimum atomic E-state index is -3.51. The van der Waals surface area contributed by atoms with E-state index >= 15 is 0 Å². The summed E-state index contributed by atoms with van der Waals surface area (Å²) in [5.41, 5.74) is 0.493. The first-order valence-corrected chi connectivity index (χ1v) is 9.09. The number of pyridine rings is 1. The van der Waals surface area contributed by atoms with Crippen LogP contribution >= 0.6 is 0 Å². The van der Waals surface area contributed by atoms with E-state index in [2.05, 4.69) is 24.7 Å². The number of ether oxygens (including phenoxy) is 1. The van der Waals surface area contributed by atoms with E-state index in [1.807, 2.05) is 6.92 Å². The SMILES string of the molecule is COc1nc(NS(=O)c2c[nH]c3nc(C)ccc23)nc(C)c1C(O)(O)C(F)F. The van der Waals surface area contributed by atoms with Crippen molar-refractivity contribution in [1.82, 2.24) is 19.9 Å². The summed E-state index contributed by atoms with van der Waals surface area (Å²) >= 11 is 0. The molecule has 0 bridgehead atoms. The summed E-state index contributed by atoms with van der Waals surface area (Å²) in [4.78, 5) is 15.3. The predicted octanol–water partition coefficient (Wildman–Crippen LogP) is 1.52. The Morgan fingerprint density at radius 3 is 2.61 bits per heavy atom. The molecule has 3 rings (SSSR count). The Balaban J connectivity index is 1.96. The molecule has 0 aliphatic heterocycles. The molecular formula is C16H17F2N5O4S. The number of hydrogen-bond acceptors (Lipinski definition) is 7. The van der Waals surface area contributed by atoms with E-state index in [0.717, 1.165) is 12.8 Å². The van der Waals surface area contributed by atoms with Crippen LogP contribution in [0.1, 0.15) is 17.0 Å². The van der Waals surface area contributed by atoms with Crippen molar-refractivity contribution in [3.8, 4) is 5.88 Å². The van der Waals surface area contributed by atoms with Crippen molar-refractivity contribution < 1.29 is 27.9 Å². The zero-order chi connectivity index (χ0) is 20.6. The van der Waals surface area contributed by atoms with Gasteiger partial charge in [-0.1, -0.05) is 0 Å². The highest BCUT2D eigenvalue weighted by Crippen LogP contribution is 2.34. The van der Waals surface area contributed by atoms with Gasteiger partial charge in [-0.2, -0.15) is 4.98 Å². The maximum absolute atomic E-state index is 13.0. The maximum atomic E-state index is 13.0. The molecule has 3 aromatic heterocycles. The first kappa shape index (κ1) is 20.0. The largest absolute Gasteiger partial charge is 0.481 e. The van der Waals surface area contributed by atoms with Crippen LogP contribution in [0.2, 0.25) is 0 Å². The molecule has 1 unspecified atom stereocenters. The van der Waals surface area contributed by atoms with Crippen LogP contribution in [0.25, 0.3) is 11.0 Å². The monoisotopic (exact) mass is 413 g/mol. The molecule has 0 saturated heterocycles. The Kier molecular flexibility index (Phi) is 5.28. The average molecular weight is 413 g/mol. The van der Waals surface area contributed by atoms with Gasteiger partial charge in [-0.3, -0.25) is 4.72 Å². The fourth-order valence-electron chi connectivity index (χ4n) is 2.64. The Morgan fingerprint density at radius 2 is 1.96 bits per heavy atom. The second-order valence-corrected chi connectivity index (χ2v) is 7.10. The number of anilines is 1. The lowest BCUT2D eigenvalue weighted by atomic mass is 10.1. The Labute approximate surface area is 160 Å². The van der Waals surface area contributed by atoms with E-state index in [0.29, 0.717) is 15.9 Å². The van der Waals surface area contributed by atoms with Gasteiger partial charge in [0.2, 0.25) is 11.8 Å². The highest BCUT2D eigenvalue weighted by molar-refractivity contribution is 7.86. The quantitative estimate of drug-likeness (QED) is 0.450. The van der Waals surface area contributed by atoms with Crippen LogP contribution in [0.4, 0.5) is 14.7 Å². The Morgan fingerprint density at radius 1 is 1.25 bits per heavy atom. The van der Waals surface area contributed by atoms with Gasteiger partial charge in [-0.05, 0) is 26.0 Å². The normalized spacial score (nSPS) is 13.1. The van der Waals surface area contributed by atoms with Crippen LogP contribution in [0, 0.1) is 13.8 Å². The van der Waals surface area contributed by atoms with E-state index in [1.54, 1.807) is 12.1 Å². The van der Waals surface area contributed by atoms with E-state index in [1.165, 1.54) is 13.1 Å². The van der Waals surface area contributed by atoms with Gasteiger partial charge in [0, 0.05) is 17.3 Å². The summed E-state index contributed by atoms with van der Waals surface area (Å²) in [7, 11) is -0.688. The van der Waals surface area contributed by atoms with Gasteiger partial charge in [-0.25, -0.2) is 23.0 Å². The highest BCUT2D eigenvalue weighted by Gasteiger charge is 2.43. The minimum absolute atomic E-state index is 0.173. The molecule has 0 fully saturated rings. The van der Waals surface area contributed by atoms with Crippen LogP contribution in [0.15, 0.2) is 23.2 Å². The standard InChI is InChI=1S/C16H17F2N5O4S/c1-7-4-5-9-10(6-19-12(9)20-7)28(26)23-15-21-8(2)11(13(22-15)27-3)16(24,25)14(17)18/h4-6,14,24-25H,1-3H3,(H,19,20)(H,21,22,23). The van der Waals surface area contributed by atoms with Gasteiger partial charge in [0.15, 0.2) is 11.0 Å². The van der Waals surface area contributed by atoms with Gasteiger partial charge in [-0.15, -0.1) is 0 Å². The van der Waals surface area contributed by atoms with Crippen LogP contribution in [0.5, 0.6) is 5.88 Å². The van der Waals surface area contributed by atoms with Crippen molar-refractivity contribution in [2.45, 2.75) is 31.0 Å². The molecule has 0 amide bonds. The summed E-state index contributed by atoms with van der Waals surface area (Å²) in [5, 5.41) is 20.0. The van der Waals surface area contributed by atoms with Gasteiger partial charge >= 0.3 is 0 Å². The maximum Gasteiger partial charge on any atom is 0.296 e. The number of rotatable bonds is 6. The van der Waals surface area contributed by atoms with Crippen molar-refractivity contribution in [2.24, 2.45) is 0 Å². The molecule has 0 aliphatic rings. The molecule has 12 heteroatoms. The first-order chi connectivity index (χ1) is 13.1. The second-order valence-electron chi connectivity index (χ2n) is 5.92. The van der Waals surface area contributed by atoms with E-state index in [9.17, 15) is 23.2 Å². The third-order valence-electron chi connectivity index (χ3n) is 3.95. The molecule has 0 saturated carbocycles. The van der Waals surface area contributed by atoms with Crippen LogP contribution in [-0.2, 0) is 16.8 Å². The Hall–Kier alpha value is -2.70. The summed E-state index contributed by atoms with van der Waals surface area (Å²) in [6.45, 7) is 3.09.